The summed E-state index contributed by atoms with van der Waals surface area (Å²) >= 11 is 0. The lowest BCUT2D eigenvalue weighted by atomic mass is 10.1. The van der Waals surface area contributed by atoms with Crippen LogP contribution in [0.15, 0.2) is 0 Å². The molecule has 1 aromatic rings. The monoisotopic (exact) mass is 337 g/mol. The number of hydrogen-bond donors (Lipinski definition) is 2. The number of piperidine rings is 1. The van der Waals surface area contributed by atoms with Crippen LogP contribution < -0.4 is 10.2 Å². The third-order valence-electron chi connectivity index (χ3n) is 4.71. The topological polar surface area (TPSA) is 56.6 Å². The summed E-state index contributed by atoms with van der Waals surface area (Å²) in [6.07, 6.45) is 3.54. The summed E-state index contributed by atoms with van der Waals surface area (Å²) in [4.78, 5) is 4.49. The molecule has 0 saturated carbocycles. The Labute approximate surface area is 146 Å². The molecular weight excluding hydrogens is 302 g/mol. The van der Waals surface area contributed by atoms with E-state index in [2.05, 4.69) is 48.2 Å². The molecule has 0 aromatic carbocycles. The van der Waals surface area contributed by atoms with Crippen LogP contribution >= 0.6 is 0 Å². The first-order valence-electron chi connectivity index (χ1n) is 9.24. The number of aromatic nitrogens is 2. The van der Waals surface area contributed by atoms with Crippen molar-refractivity contribution in [3.8, 4) is 0 Å². The number of aliphatic hydroxyl groups is 1. The molecule has 6 heteroatoms. The molecule has 0 spiro atoms. The zero-order valence-corrected chi connectivity index (χ0v) is 16.0. The standard InChI is InChI=1S/C18H35N5O/c1-14(2)17-16(18(21(3)4)22(5)20-17)12-19-11-15(24)13-23-9-7-6-8-10-23/h14-15,19,24H,6-13H2,1-5H3. The van der Waals surface area contributed by atoms with Crippen molar-refractivity contribution in [1.29, 1.82) is 0 Å². The first-order chi connectivity index (χ1) is 11.4. The SMILES string of the molecule is CC(C)c1nn(C)c(N(C)C)c1CNCC(O)CN1CCCCC1. The second-order valence-electron chi connectivity index (χ2n) is 7.51. The van der Waals surface area contributed by atoms with Crippen molar-refractivity contribution in [2.24, 2.45) is 7.05 Å². The summed E-state index contributed by atoms with van der Waals surface area (Å²) in [7, 11) is 6.10. The van der Waals surface area contributed by atoms with Crippen molar-refractivity contribution in [1.82, 2.24) is 20.0 Å². The van der Waals surface area contributed by atoms with E-state index in [1.54, 1.807) is 0 Å². The minimum absolute atomic E-state index is 0.315. The lowest BCUT2D eigenvalue weighted by Gasteiger charge is -2.28. The van der Waals surface area contributed by atoms with Gasteiger partial charge in [-0.25, -0.2) is 0 Å². The number of hydrogen-bond acceptors (Lipinski definition) is 5. The van der Waals surface area contributed by atoms with Crippen LogP contribution in [0.1, 0.15) is 50.3 Å². The fourth-order valence-corrected chi connectivity index (χ4v) is 3.64. The average Bonchev–Trinajstić information content (AvgIpc) is 2.85. The minimum Gasteiger partial charge on any atom is -0.390 e. The van der Waals surface area contributed by atoms with Crippen molar-refractivity contribution in [2.75, 3.05) is 45.2 Å². The molecule has 2 N–H and O–H groups in total. The molecule has 1 aliphatic rings. The number of rotatable bonds is 8. The summed E-state index contributed by atoms with van der Waals surface area (Å²) in [5.74, 6) is 1.52. The second-order valence-corrected chi connectivity index (χ2v) is 7.51. The van der Waals surface area contributed by atoms with E-state index in [-0.39, 0.29) is 6.10 Å². The highest BCUT2D eigenvalue weighted by atomic mass is 16.3. The minimum atomic E-state index is -0.315. The Morgan fingerprint density at radius 1 is 1.21 bits per heavy atom. The first kappa shape index (κ1) is 19.2. The molecule has 0 amide bonds. The van der Waals surface area contributed by atoms with Gasteiger partial charge in [0.1, 0.15) is 5.82 Å². The number of nitrogens with one attached hydrogen (secondary N) is 1. The fraction of sp³-hybridized carbons (Fsp3) is 0.833. The second kappa shape index (κ2) is 8.83. The van der Waals surface area contributed by atoms with Gasteiger partial charge in [0, 0.05) is 46.3 Å². The number of aryl methyl sites for hydroxylation is 1. The lowest BCUT2D eigenvalue weighted by molar-refractivity contribution is 0.1000. The Bertz CT molecular complexity index is 506. The molecule has 0 bridgehead atoms. The van der Waals surface area contributed by atoms with Gasteiger partial charge in [0.15, 0.2) is 0 Å². The number of likely N-dealkylation sites (tertiary alicyclic amines) is 1. The highest BCUT2D eigenvalue weighted by molar-refractivity contribution is 5.50. The van der Waals surface area contributed by atoms with Crippen molar-refractivity contribution in [3.05, 3.63) is 11.3 Å². The molecule has 1 fully saturated rings. The van der Waals surface area contributed by atoms with Crippen LogP contribution in [0.4, 0.5) is 5.82 Å². The van der Waals surface area contributed by atoms with Crippen molar-refractivity contribution in [3.63, 3.8) is 0 Å². The van der Waals surface area contributed by atoms with Gasteiger partial charge in [-0.05, 0) is 31.8 Å². The molecule has 138 valence electrons. The van der Waals surface area contributed by atoms with Crippen LogP contribution in [0.5, 0.6) is 0 Å². The molecular formula is C18H35N5O. The zero-order valence-electron chi connectivity index (χ0n) is 16.0. The Morgan fingerprint density at radius 3 is 2.46 bits per heavy atom. The third-order valence-corrected chi connectivity index (χ3v) is 4.71. The van der Waals surface area contributed by atoms with Crippen LogP contribution in [0.3, 0.4) is 0 Å². The van der Waals surface area contributed by atoms with Crippen molar-refractivity contribution in [2.45, 2.75) is 51.7 Å². The number of β-amino-alcohol motifs (C(OH)–C–C–N with tert-alkyl or cyclic N) is 1. The van der Waals surface area contributed by atoms with E-state index in [0.29, 0.717) is 12.5 Å². The van der Waals surface area contributed by atoms with E-state index >= 15 is 0 Å². The predicted molar refractivity (Wildman–Crippen MR) is 99.6 cm³/mol. The van der Waals surface area contributed by atoms with Gasteiger partial charge in [-0.2, -0.15) is 5.10 Å². The third kappa shape index (κ3) is 4.94. The molecule has 1 saturated heterocycles. The molecule has 1 atom stereocenters. The van der Waals surface area contributed by atoms with Gasteiger partial charge < -0.3 is 20.2 Å². The number of aliphatic hydroxyl groups excluding tert-OH is 1. The van der Waals surface area contributed by atoms with Gasteiger partial charge in [0.2, 0.25) is 0 Å². The quantitative estimate of drug-likeness (QED) is 0.754. The zero-order chi connectivity index (χ0) is 17.7. The highest BCUT2D eigenvalue weighted by Crippen LogP contribution is 2.27. The van der Waals surface area contributed by atoms with Crippen LogP contribution in [0.25, 0.3) is 0 Å². The number of nitrogens with zero attached hydrogens (tertiary/aromatic N) is 4. The molecule has 6 nitrogen and oxygen atoms in total. The summed E-state index contributed by atoms with van der Waals surface area (Å²) in [6.45, 7) is 8.75. The smallest absolute Gasteiger partial charge is 0.130 e. The highest BCUT2D eigenvalue weighted by Gasteiger charge is 2.20. The van der Waals surface area contributed by atoms with Crippen molar-refractivity contribution < 1.29 is 5.11 Å². The normalized spacial score (nSPS) is 17.5. The molecule has 0 radical (unpaired) electrons. The molecule has 2 heterocycles. The Kier molecular flexibility index (Phi) is 7.07. The van der Waals surface area contributed by atoms with Crippen LogP contribution in [0, 0.1) is 0 Å². The maximum Gasteiger partial charge on any atom is 0.130 e. The summed E-state index contributed by atoms with van der Waals surface area (Å²) in [5, 5.41) is 18.4. The van der Waals surface area contributed by atoms with Crippen LogP contribution in [-0.4, -0.2) is 66.2 Å². The molecule has 1 aromatic heterocycles. The van der Waals surface area contributed by atoms with Gasteiger partial charge >= 0.3 is 0 Å². The summed E-state index contributed by atoms with van der Waals surface area (Å²) < 4.78 is 1.95. The van der Waals surface area contributed by atoms with Crippen LogP contribution in [-0.2, 0) is 13.6 Å². The first-order valence-corrected chi connectivity index (χ1v) is 9.24. The fourth-order valence-electron chi connectivity index (χ4n) is 3.64. The van der Waals surface area contributed by atoms with Crippen molar-refractivity contribution >= 4 is 5.82 Å². The maximum atomic E-state index is 10.3. The van der Waals surface area contributed by atoms with E-state index in [4.69, 9.17) is 0 Å². The van der Waals surface area contributed by atoms with Gasteiger partial charge in [-0.15, -0.1) is 0 Å². The van der Waals surface area contributed by atoms with E-state index in [9.17, 15) is 5.11 Å². The summed E-state index contributed by atoms with van der Waals surface area (Å²) in [6, 6.07) is 0. The van der Waals surface area contributed by atoms with E-state index < -0.39 is 0 Å². The maximum absolute atomic E-state index is 10.3. The van der Waals surface area contributed by atoms with Gasteiger partial charge in [-0.1, -0.05) is 20.3 Å². The van der Waals surface area contributed by atoms with Gasteiger partial charge in [0.05, 0.1) is 11.8 Å². The molecule has 1 aliphatic heterocycles. The average molecular weight is 338 g/mol. The Morgan fingerprint density at radius 2 is 1.88 bits per heavy atom. The van der Waals surface area contributed by atoms with Gasteiger partial charge in [-0.3, -0.25) is 4.68 Å². The molecule has 2 rings (SSSR count). The van der Waals surface area contributed by atoms with E-state index in [0.717, 1.165) is 37.7 Å². The largest absolute Gasteiger partial charge is 0.390 e. The molecule has 24 heavy (non-hydrogen) atoms. The molecule has 0 aliphatic carbocycles. The number of anilines is 1. The predicted octanol–water partition coefficient (Wildman–Crippen LogP) is 1.55. The van der Waals surface area contributed by atoms with Crippen LogP contribution in [0.2, 0.25) is 0 Å². The van der Waals surface area contributed by atoms with E-state index in [1.165, 1.54) is 24.8 Å². The molecule has 1 unspecified atom stereocenters. The Balaban J connectivity index is 1.91. The summed E-state index contributed by atoms with van der Waals surface area (Å²) in [5.41, 5.74) is 2.38. The lowest BCUT2D eigenvalue weighted by Crippen LogP contribution is -2.40. The van der Waals surface area contributed by atoms with Gasteiger partial charge in [0.25, 0.3) is 0 Å². The van der Waals surface area contributed by atoms with E-state index in [1.807, 2.05) is 11.7 Å². The Hall–Kier alpha value is -1.11.